The SMILES string of the molecule is CCCOc1cccc2c1CCN(CC)C2=O. The first-order valence-corrected chi connectivity index (χ1v) is 6.31. The summed E-state index contributed by atoms with van der Waals surface area (Å²) in [6, 6.07) is 5.77. The third-order valence-corrected chi connectivity index (χ3v) is 3.13. The molecule has 0 spiro atoms. The lowest BCUT2D eigenvalue weighted by Gasteiger charge is -2.28. The first kappa shape index (κ1) is 12.0. The Labute approximate surface area is 102 Å². The van der Waals surface area contributed by atoms with Crippen LogP contribution >= 0.6 is 0 Å². The Kier molecular flexibility index (Phi) is 3.67. The van der Waals surface area contributed by atoms with Crippen molar-refractivity contribution in [2.45, 2.75) is 26.7 Å². The second kappa shape index (κ2) is 5.21. The Morgan fingerprint density at radius 1 is 1.35 bits per heavy atom. The molecule has 0 aromatic heterocycles. The highest BCUT2D eigenvalue weighted by molar-refractivity contribution is 5.97. The number of likely N-dealkylation sites (N-methyl/N-ethyl adjacent to an activating group) is 1. The molecule has 0 bridgehead atoms. The van der Waals surface area contributed by atoms with Crippen LogP contribution in [0.4, 0.5) is 0 Å². The van der Waals surface area contributed by atoms with Gasteiger partial charge in [-0.3, -0.25) is 4.79 Å². The number of carbonyl (C=O) groups is 1. The lowest BCUT2D eigenvalue weighted by molar-refractivity contribution is 0.0747. The van der Waals surface area contributed by atoms with Gasteiger partial charge in [0.15, 0.2) is 0 Å². The molecule has 0 unspecified atom stereocenters. The van der Waals surface area contributed by atoms with E-state index in [1.807, 2.05) is 30.0 Å². The molecule has 0 saturated heterocycles. The van der Waals surface area contributed by atoms with E-state index in [0.29, 0.717) is 6.61 Å². The molecule has 1 aromatic carbocycles. The van der Waals surface area contributed by atoms with Crippen LogP contribution in [0.3, 0.4) is 0 Å². The van der Waals surface area contributed by atoms with Crippen molar-refractivity contribution in [2.24, 2.45) is 0 Å². The number of ether oxygens (including phenoxy) is 1. The summed E-state index contributed by atoms with van der Waals surface area (Å²) in [7, 11) is 0. The molecular weight excluding hydrogens is 214 g/mol. The zero-order valence-electron chi connectivity index (χ0n) is 10.5. The molecule has 1 heterocycles. The van der Waals surface area contributed by atoms with Gasteiger partial charge in [0, 0.05) is 24.2 Å². The highest BCUT2D eigenvalue weighted by Crippen LogP contribution is 2.27. The molecule has 0 saturated carbocycles. The topological polar surface area (TPSA) is 29.5 Å². The molecule has 1 amide bonds. The number of amides is 1. The standard InChI is InChI=1S/C14H19NO2/c1-3-10-17-13-7-5-6-12-11(13)8-9-15(4-2)14(12)16/h5-7H,3-4,8-10H2,1-2H3. The predicted molar refractivity (Wildman–Crippen MR) is 67.5 cm³/mol. The Hall–Kier alpha value is -1.51. The fourth-order valence-electron chi connectivity index (χ4n) is 2.19. The average Bonchev–Trinajstić information content (AvgIpc) is 2.37. The number of rotatable bonds is 4. The number of nitrogens with zero attached hydrogens (tertiary/aromatic N) is 1. The summed E-state index contributed by atoms with van der Waals surface area (Å²) in [5.74, 6) is 1.02. The van der Waals surface area contributed by atoms with Crippen molar-refractivity contribution in [2.75, 3.05) is 19.7 Å². The van der Waals surface area contributed by atoms with Crippen molar-refractivity contribution in [1.82, 2.24) is 4.90 Å². The van der Waals surface area contributed by atoms with E-state index in [9.17, 15) is 4.79 Å². The van der Waals surface area contributed by atoms with E-state index in [0.717, 1.165) is 42.8 Å². The van der Waals surface area contributed by atoms with Gasteiger partial charge in [0.1, 0.15) is 5.75 Å². The second-order valence-corrected chi connectivity index (χ2v) is 4.27. The van der Waals surface area contributed by atoms with Crippen molar-refractivity contribution in [3.63, 3.8) is 0 Å². The van der Waals surface area contributed by atoms with E-state index in [-0.39, 0.29) is 5.91 Å². The van der Waals surface area contributed by atoms with Gasteiger partial charge in [0.05, 0.1) is 6.61 Å². The largest absolute Gasteiger partial charge is 0.493 e. The summed E-state index contributed by atoms with van der Waals surface area (Å²) < 4.78 is 5.70. The van der Waals surface area contributed by atoms with Gasteiger partial charge < -0.3 is 9.64 Å². The fraction of sp³-hybridized carbons (Fsp3) is 0.500. The van der Waals surface area contributed by atoms with Crippen LogP contribution in [0.2, 0.25) is 0 Å². The number of hydrogen-bond acceptors (Lipinski definition) is 2. The minimum absolute atomic E-state index is 0.135. The van der Waals surface area contributed by atoms with Crippen LogP contribution in [0.25, 0.3) is 0 Å². The van der Waals surface area contributed by atoms with Gasteiger partial charge in [-0.1, -0.05) is 13.0 Å². The van der Waals surface area contributed by atoms with E-state index in [4.69, 9.17) is 4.74 Å². The summed E-state index contributed by atoms with van der Waals surface area (Å²) in [6.07, 6.45) is 1.88. The molecular formula is C14H19NO2. The highest BCUT2D eigenvalue weighted by Gasteiger charge is 2.25. The third kappa shape index (κ3) is 2.28. The summed E-state index contributed by atoms with van der Waals surface area (Å²) in [6.45, 7) is 6.38. The number of fused-ring (bicyclic) bond motifs is 1. The maximum atomic E-state index is 12.1. The second-order valence-electron chi connectivity index (χ2n) is 4.27. The summed E-state index contributed by atoms with van der Waals surface area (Å²) in [5.41, 5.74) is 1.89. The molecule has 0 fully saturated rings. The van der Waals surface area contributed by atoms with Gasteiger partial charge in [-0.25, -0.2) is 0 Å². The van der Waals surface area contributed by atoms with Crippen LogP contribution in [0.1, 0.15) is 36.2 Å². The molecule has 1 aromatic rings. The Morgan fingerprint density at radius 2 is 2.18 bits per heavy atom. The molecule has 0 radical (unpaired) electrons. The molecule has 0 N–H and O–H groups in total. The van der Waals surface area contributed by atoms with Crippen LogP contribution in [-0.2, 0) is 6.42 Å². The monoisotopic (exact) mass is 233 g/mol. The Morgan fingerprint density at radius 3 is 2.88 bits per heavy atom. The van der Waals surface area contributed by atoms with Gasteiger partial charge in [0.25, 0.3) is 5.91 Å². The molecule has 3 nitrogen and oxygen atoms in total. The minimum atomic E-state index is 0.135. The summed E-state index contributed by atoms with van der Waals surface area (Å²) in [5, 5.41) is 0. The van der Waals surface area contributed by atoms with Crippen LogP contribution in [0.15, 0.2) is 18.2 Å². The zero-order valence-corrected chi connectivity index (χ0v) is 10.5. The van der Waals surface area contributed by atoms with E-state index < -0.39 is 0 Å². The van der Waals surface area contributed by atoms with Crippen molar-refractivity contribution in [1.29, 1.82) is 0 Å². The highest BCUT2D eigenvalue weighted by atomic mass is 16.5. The van der Waals surface area contributed by atoms with Gasteiger partial charge in [0.2, 0.25) is 0 Å². The number of hydrogen-bond donors (Lipinski definition) is 0. The van der Waals surface area contributed by atoms with E-state index in [1.54, 1.807) is 0 Å². The third-order valence-electron chi connectivity index (χ3n) is 3.13. The lowest BCUT2D eigenvalue weighted by atomic mass is 9.98. The molecule has 2 rings (SSSR count). The molecule has 0 atom stereocenters. The number of benzene rings is 1. The first-order chi connectivity index (χ1) is 8.27. The Balaban J connectivity index is 2.30. The molecule has 92 valence electrons. The Bertz CT molecular complexity index is 415. The van der Waals surface area contributed by atoms with E-state index in [1.165, 1.54) is 0 Å². The van der Waals surface area contributed by atoms with Crippen LogP contribution in [-0.4, -0.2) is 30.5 Å². The predicted octanol–water partition coefficient (Wildman–Crippen LogP) is 2.49. The maximum Gasteiger partial charge on any atom is 0.254 e. The van der Waals surface area contributed by atoms with Gasteiger partial charge in [-0.05, 0) is 31.9 Å². The molecule has 0 aliphatic carbocycles. The zero-order chi connectivity index (χ0) is 12.3. The van der Waals surface area contributed by atoms with Crippen molar-refractivity contribution in [3.8, 4) is 5.75 Å². The van der Waals surface area contributed by atoms with Crippen molar-refractivity contribution >= 4 is 5.91 Å². The van der Waals surface area contributed by atoms with Crippen LogP contribution in [0.5, 0.6) is 5.75 Å². The van der Waals surface area contributed by atoms with Crippen molar-refractivity contribution < 1.29 is 9.53 Å². The average molecular weight is 233 g/mol. The van der Waals surface area contributed by atoms with E-state index >= 15 is 0 Å². The quantitative estimate of drug-likeness (QED) is 0.799. The van der Waals surface area contributed by atoms with Crippen LogP contribution < -0.4 is 4.74 Å². The number of carbonyl (C=O) groups excluding carboxylic acids is 1. The lowest BCUT2D eigenvalue weighted by Crippen LogP contribution is -2.37. The van der Waals surface area contributed by atoms with Gasteiger partial charge >= 0.3 is 0 Å². The normalized spacial score (nSPS) is 14.7. The van der Waals surface area contributed by atoms with Gasteiger partial charge in [-0.2, -0.15) is 0 Å². The summed E-state index contributed by atoms with van der Waals surface area (Å²) >= 11 is 0. The maximum absolute atomic E-state index is 12.1. The molecule has 17 heavy (non-hydrogen) atoms. The first-order valence-electron chi connectivity index (χ1n) is 6.31. The summed E-state index contributed by atoms with van der Waals surface area (Å²) in [4.78, 5) is 14.0. The van der Waals surface area contributed by atoms with Crippen LogP contribution in [0, 0.1) is 0 Å². The van der Waals surface area contributed by atoms with Crippen molar-refractivity contribution in [3.05, 3.63) is 29.3 Å². The smallest absolute Gasteiger partial charge is 0.254 e. The molecule has 1 aliphatic rings. The fourth-order valence-corrected chi connectivity index (χ4v) is 2.19. The van der Waals surface area contributed by atoms with Gasteiger partial charge in [-0.15, -0.1) is 0 Å². The molecule has 1 aliphatic heterocycles. The minimum Gasteiger partial charge on any atom is -0.493 e. The molecule has 3 heteroatoms. The van der Waals surface area contributed by atoms with E-state index in [2.05, 4.69) is 6.92 Å².